The number of carbonyl (C=O) groups excluding carboxylic acids is 1. The van der Waals surface area contributed by atoms with E-state index in [1.54, 1.807) is 13.0 Å². The van der Waals surface area contributed by atoms with Crippen molar-refractivity contribution >= 4 is 15.7 Å². The van der Waals surface area contributed by atoms with Gasteiger partial charge in [-0.15, -0.1) is 0 Å². The number of carbonyl (C=O) groups is 1. The monoisotopic (exact) mass is 344 g/mol. The summed E-state index contributed by atoms with van der Waals surface area (Å²) in [5.41, 5.74) is 0. The number of nitrogens with one attached hydrogen (secondary N) is 1. The van der Waals surface area contributed by atoms with Crippen molar-refractivity contribution in [3.05, 3.63) is 30.1 Å². The summed E-state index contributed by atoms with van der Waals surface area (Å²) in [6.45, 7) is 3.58. The quantitative estimate of drug-likeness (QED) is 0.810. The third-order valence-corrected chi connectivity index (χ3v) is 5.25. The summed E-state index contributed by atoms with van der Waals surface area (Å²) in [4.78, 5) is 13.9. The second-order valence-electron chi connectivity index (χ2n) is 5.50. The largest absolute Gasteiger partial charge is 0.481 e. The molecule has 1 fully saturated rings. The fourth-order valence-electron chi connectivity index (χ4n) is 2.25. The van der Waals surface area contributed by atoms with E-state index in [0.717, 1.165) is 0 Å². The van der Waals surface area contributed by atoms with Crippen LogP contribution in [0.3, 0.4) is 0 Å². The number of nitrogens with zero attached hydrogens (tertiary/aromatic N) is 1. The Morgan fingerprint density at radius 3 is 2.74 bits per heavy atom. The van der Waals surface area contributed by atoms with Gasteiger partial charge >= 0.3 is 0 Å². The second-order valence-corrected chi connectivity index (χ2v) is 7.81. The third-order valence-electron chi connectivity index (χ3n) is 3.64. The van der Waals surface area contributed by atoms with E-state index in [-0.39, 0.29) is 17.4 Å². The lowest BCUT2D eigenvalue weighted by atomic mass is 10.3. The van der Waals surface area contributed by atoms with Crippen LogP contribution in [-0.2, 0) is 14.6 Å². The van der Waals surface area contributed by atoms with Crippen LogP contribution in [0.5, 0.6) is 5.75 Å². The van der Waals surface area contributed by atoms with Crippen molar-refractivity contribution in [3.8, 4) is 5.75 Å². The number of sulfone groups is 1. The Morgan fingerprint density at radius 2 is 2.09 bits per heavy atom. The number of hydrogen-bond donors (Lipinski definition) is 1. The van der Waals surface area contributed by atoms with Gasteiger partial charge in [0.2, 0.25) is 0 Å². The van der Waals surface area contributed by atoms with Crippen LogP contribution in [0.4, 0.5) is 4.39 Å². The molecule has 1 aliphatic rings. The molecule has 1 amide bonds. The number of benzene rings is 1. The highest BCUT2D eigenvalue weighted by atomic mass is 32.2. The second kappa shape index (κ2) is 7.74. The summed E-state index contributed by atoms with van der Waals surface area (Å²) in [5, 5.41) is 2.74. The van der Waals surface area contributed by atoms with Gasteiger partial charge in [0.25, 0.3) is 5.91 Å². The Bertz CT molecular complexity index is 637. The maximum atomic E-state index is 13.1. The van der Waals surface area contributed by atoms with Gasteiger partial charge in [0.15, 0.2) is 15.9 Å². The summed E-state index contributed by atoms with van der Waals surface area (Å²) in [6, 6.07) is 5.62. The molecule has 1 aromatic rings. The third kappa shape index (κ3) is 5.80. The first-order chi connectivity index (χ1) is 10.9. The molecule has 23 heavy (non-hydrogen) atoms. The molecule has 8 heteroatoms. The minimum atomic E-state index is -2.89. The summed E-state index contributed by atoms with van der Waals surface area (Å²) >= 11 is 0. The van der Waals surface area contributed by atoms with E-state index < -0.39 is 21.8 Å². The minimum absolute atomic E-state index is 0.167. The molecule has 0 aliphatic carbocycles. The van der Waals surface area contributed by atoms with Crippen LogP contribution in [0.1, 0.15) is 6.92 Å². The van der Waals surface area contributed by atoms with Crippen LogP contribution in [0.15, 0.2) is 24.3 Å². The van der Waals surface area contributed by atoms with Crippen LogP contribution < -0.4 is 10.1 Å². The predicted molar refractivity (Wildman–Crippen MR) is 84.6 cm³/mol. The van der Waals surface area contributed by atoms with Crippen LogP contribution in [-0.4, -0.2) is 63.0 Å². The topological polar surface area (TPSA) is 75.7 Å². The van der Waals surface area contributed by atoms with Crippen molar-refractivity contribution in [1.82, 2.24) is 10.2 Å². The average Bonchev–Trinajstić information content (AvgIpc) is 2.49. The lowest BCUT2D eigenvalue weighted by molar-refractivity contribution is -0.127. The van der Waals surface area contributed by atoms with Gasteiger partial charge in [-0.3, -0.25) is 9.69 Å². The molecule has 0 spiro atoms. The predicted octanol–water partition coefficient (Wildman–Crippen LogP) is 0.440. The molecule has 0 aromatic heterocycles. The number of rotatable bonds is 6. The summed E-state index contributed by atoms with van der Waals surface area (Å²) in [7, 11) is -2.89. The van der Waals surface area contributed by atoms with Gasteiger partial charge in [0, 0.05) is 32.2 Å². The average molecular weight is 344 g/mol. The first kappa shape index (κ1) is 17.7. The van der Waals surface area contributed by atoms with Gasteiger partial charge in [-0.05, 0) is 19.1 Å². The molecule has 1 saturated heterocycles. The van der Waals surface area contributed by atoms with Gasteiger partial charge in [0.1, 0.15) is 11.6 Å². The van der Waals surface area contributed by atoms with Gasteiger partial charge < -0.3 is 10.1 Å². The molecule has 2 rings (SSSR count). The zero-order valence-electron chi connectivity index (χ0n) is 13.0. The molecular weight excluding hydrogens is 323 g/mol. The number of amides is 1. The van der Waals surface area contributed by atoms with E-state index in [0.29, 0.717) is 31.9 Å². The van der Waals surface area contributed by atoms with E-state index in [9.17, 15) is 17.6 Å². The van der Waals surface area contributed by atoms with E-state index in [1.807, 2.05) is 4.90 Å². The maximum Gasteiger partial charge on any atom is 0.260 e. The van der Waals surface area contributed by atoms with E-state index in [2.05, 4.69) is 5.32 Å². The summed E-state index contributed by atoms with van der Waals surface area (Å²) in [6.07, 6.45) is -0.737. The van der Waals surface area contributed by atoms with Gasteiger partial charge in [-0.2, -0.15) is 0 Å². The Kier molecular flexibility index (Phi) is 5.95. The van der Waals surface area contributed by atoms with Crippen molar-refractivity contribution in [2.75, 3.05) is 37.7 Å². The van der Waals surface area contributed by atoms with E-state index in [1.165, 1.54) is 18.2 Å². The maximum absolute atomic E-state index is 13.1. The first-order valence-electron chi connectivity index (χ1n) is 7.48. The van der Waals surface area contributed by atoms with Crippen molar-refractivity contribution in [2.45, 2.75) is 13.0 Å². The van der Waals surface area contributed by atoms with E-state index in [4.69, 9.17) is 4.74 Å². The lowest BCUT2D eigenvalue weighted by Crippen LogP contribution is -2.45. The van der Waals surface area contributed by atoms with Gasteiger partial charge in [0.05, 0.1) is 11.5 Å². The molecule has 1 heterocycles. The zero-order valence-corrected chi connectivity index (χ0v) is 13.8. The van der Waals surface area contributed by atoms with Crippen molar-refractivity contribution < 1.29 is 22.3 Å². The highest BCUT2D eigenvalue weighted by Gasteiger charge is 2.21. The molecule has 128 valence electrons. The fraction of sp³-hybridized carbons (Fsp3) is 0.533. The zero-order chi connectivity index (χ0) is 16.9. The molecule has 1 atom stereocenters. The Balaban J connectivity index is 1.70. The Hall–Kier alpha value is -1.67. The van der Waals surface area contributed by atoms with Gasteiger partial charge in [-0.1, -0.05) is 6.07 Å². The number of ether oxygens (including phenoxy) is 1. The first-order valence-corrected chi connectivity index (χ1v) is 9.30. The minimum Gasteiger partial charge on any atom is -0.481 e. The molecule has 0 bridgehead atoms. The van der Waals surface area contributed by atoms with Crippen LogP contribution in [0.25, 0.3) is 0 Å². The standard InChI is InChI=1S/C15H21FN2O4S/c1-12(22-14-4-2-3-13(16)11-14)15(19)17-5-6-18-7-9-23(20,21)10-8-18/h2-4,11-12H,5-10H2,1H3,(H,17,19)/t12-/m1/s1. The molecule has 6 nitrogen and oxygen atoms in total. The van der Waals surface area contributed by atoms with Crippen LogP contribution >= 0.6 is 0 Å². The molecule has 1 aliphatic heterocycles. The molecular formula is C15H21FN2O4S. The fourth-order valence-corrected chi connectivity index (χ4v) is 3.53. The van der Waals surface area contributed by atoms with Gasteiger partial charge in [-0.25, -0.2) is 12.8 Å². The van der Waals surface area contributed by atoms with Crippen LogP contribution in [0.2, 0.25) is 0 Å². The SMILES string of the molecule is C[C@@H](Oc1cccc(F)c1)C(=O)NCCN1CCS(=O)(=O)CC1. The Labute approximate surface area is 135 Å². The highest BCUT2D eigenvalue weighted by Crippen LogP contribution is 2.13. The molecule has 1 N–H and O–H groups in total. The molecule has 0 radical (unpaired) electrons. The normalized spacial score (nSPS) is 19.0. The summed E-state index contributed by atoms with van der Waals surface area (Å²) < 4.78 is 41.1. The number of halogens is 1. The molecule has 0 saturated carbocycles. The van der Waals surface area contributed by atoms with Crippen molar-refractivity contribution in [2.24, 2.45) is 0 Å². The Morgan fingerprint density at radius 1 is 1.39 bits per heavy atom. The molecule has 0 unspecified atom stereocenters. The van der Waals surface area contributed by atoms with Crippen LogP contribution in [0, 0.1) is 5.82 Å². The smallest absolute Gasteiger partial charge is 0.260 e. The van der Waals surface area contributed by atoms with Crippen molar-refractivity contribution in [1.29, 1.82) is 0 Å². The highest BCUT2D eigenvalue weighted by molar-refractivity contribution is 7.91. The van der Waals surface area contributed by atoms with E-state index >= 15 is 0 Å². The molecule has 1 aromatic carbocycles. The lowest BCUT2D eigenvalue weighted by Gasteiger charge is -2.26. The van der Waals surface area contributed by atoms with Crippen molar-refractivity contribution in [3.63, 3.8) is 0 Å². The summed E-state index contributed by atoms with van der Waals surface area (Å²) in [5.74, 6) is -0.0806. The number of hydrogen-bond acceptors (Lipinski definition) is 5.